The van der Waals surface area contributed by atoms with Crippen LogP contribution >= 0.6 is 11.3 Å². The Bertz CT molecular complexity index is 307. The van der Waals surface area contributed by atoms with Crippen LogP contribution in [0.3, 0.4) is 0 Å². The van der Waals surface area contributed by atoms with E-state index in [0.717, 1.165) is 6.21 Å². The minimum atomic E-state index is -0.315. The highest BCUT2D eigenvalue weighted by Crippen LogP contribution is 2.10. The van der Waals surface area contributed by atoms with Crippen LogP contribution in [0, 0.1) is 0 Å². The van der Waals surface area contributed by atoms with Gasteiger partial charge in [0.2, 0.25) is 5.78 Å². The lowest BCUT2D eigenvalue weighted by atomic mass is 10.3. The number of thiazole rings is 1. The summed E-state index contributed by atoms with van der Waals surface area (Å²) in [5.41, 5.74) is 5.61. The molecule has 64 valence electrons. The van der Waals surface area contributed by atoms with Crippen LogP contribution in [0.1, 0.15) is 10.5 Å². The van der Waals surface area contributed by atoms with Crippen molar-refractivity contribution in [2.45, 2.75) is 0 Å². The van der Waals surface area contributed by atoms with Gasteiger partial charge in [-0.05, 0) is 0 Å². The van der Waals surface area contributed by atoms with Crippen LogP contribution in [0.5, 0.6) is 0 Å². The van der Waals surface area contributed by atoms with Crippen molar-refractivity contribution >= 4 is 28.5 Å². The molecule has 0 atom stereocenters. The molecule has 1 heterocycles. The Morgan fingerprint density at radius 1 is 1.92 bits per heavy atom. The molecule has 6 heteroatoms. The molecule has 1 rings (SSSR count). The zero-order valence-corrected chi connectivity index (χ0v) is 7.17. The number of Topliss-reactive ketones (excluding diaryl/α,β-unsaturated/α-hetero) is 1. The third-order valence-electron chi connectivity index (χ3n) is 1.05. The molecular weight excluding hydrogens is 178 g/mol. The fourth-order valence-corrected chi connectivity index (χ4v) is 1.12. The molecule has 0 bridgehead atoms. The number of nitrogens with zero attached hydrogens (tertiary/aromatic N) is 2. The zero-order valence-electron chi connectivity index (χ0n) is 6.35. The Kier molecular flexibility index (Phi) is 2.76. The first kappa shape index (κ1) is 8.66. The van der Waals surface area contributed by atoms with Crippen LogP contribution in [0.4, 0.5) is 5.13 Å². The first-order chi connectivity index (χ1) is 5.74. The normalized spacial score (nSPS) is 10.4. The number of oxime groups is 1. The molecule has 1 aromatic rings. The van der Waals surface area contributed by atoms with Gasteiger partial charge in [0.15, 0.2) is 5.13 Å². The maximum Gasteiger partial charge on any atom is 0.226 e. The topological polar surface area (TPSA) is 77.6 Å². The van der Waals surface area contributed by atoms with Gasteiger partial charge in [-0.2, -0.15) is 0 Å². The number of rotatable bonds is 3. The molecule has 1 aromatic heterocycles. The quantitative estimate of drug-likeness (QED) is 0.423. The number of nitrogen functional groups attached to an aromatic ring is 1. The van der Waals surface area contributed by atoms with E-state index in [1.807, 2.05) is 0 Å². The molecule has 12 heavy (non-hydrogen) atoms. The number of nitrogens with two attached hydrogens (primary N) is 1. The lowest BCUT2D eigenvalue weighted by molar-refractivity contribution is 0.106. The van der Waals surface area contributed by atoms with Gasteiger partial charge in [0.05, 0.1) is 0 Å². The van der Waals surface area contributed by atoms with Crippen LogP contribution in [-0.4, -0.2) is 24.1 Å². The molecule has 0 aliphatic carbocycles. The van der Waals surface area contributed by atoms with Crippen molar-refractivity contribution in [3.63, 3.8) is 0 Å². The van der Waals surface area contributed by atoms with E-state index < -0.39 is 0 Å². The predicted molar refractivity (Wildman–Crippen MR) is 46.4 cm³/mol. The lowest BCUT2D eigenvalue weighted by Crippen LogP contribution is -2.01. The van der Waals surface area contributed by atoms with Crippen LogP contribution in [0.25, 0.3) is 0 Å². The van der Waals surface area contributed by atoms with Gasteiger partial charge >= 0.3 is 0 Å². The minimum Gasteiger partial charge on any atom is -0.399 e. The summed E-state index contributed by atoms with van der Waals surface area (Å²) < 4.78 is 0. The van der Waals surface area contributed by atoms with Crippen molar-refractivity contribution in [1.29, 1.82) is 0 Å². The third kappa shape index (κ3) is 2.03. The first-order valence-corrected chi connectivity index (χ1v) is 3.94. The number of hydrogen-bond acceptors (Lipinski definition) is 6. The molecule has 0 fully saturated rings. The van der Waals surface area contributed by atoms with Crippen LogP contribution in [0.2, 0.25) is 0 Å². The highest BCUT2D eigenvalue weighted by atomic mass is 32.1. The molecule has 0 unspecified atom stereocenters. The van der Waals surface area contributed by atoms with E-state index in [4.69, 9.17) is 5.73 Å². The van der Waals surface area contributed by atoms with Gasteiger partial charge in [-0.25, -0.2) is 4.98 Å². The van der Waals surface area contributed by atoms with Gasteiger partial charge in [-0.1, -0.05) is 5.16 Å². The molecule has 0 saturated carbocycles. The van der Waals surface area contributed by atoms with Crippen molar-refractivity contribution < 1.29 is 9.63 Å². The number of anilines is 1. The Morgan fingerprint density at radius 3 is 3.17 bits per heavy atom. The summed E-state index contributed by atoms with van der Waals surface area (Å²) in [4.78, 5) is 19.2. The van der Waals surface area contributed by atoms with Crippen molar-refractivity contribution in [2.24, 2.45) is 5.16 Å². The van der Waals surface area contributed by atoms with Gasteiger partial charge in [-0.3, -0.25) is 4.79 Å². The maximum atomic E-state index is 11.1. The second kappa shape index (κ2) is 3.82. The molecule has 0 aromatic carbocycles. The highest BCUT2D eigenvalue weighted by Gasteiger charge is 2.06. The zero-order chi connectivity index (χ0) is 8.97. The number of carbonyl (C=O) groups is 1. The van der Waals surface area contributed by atoms with Gasteiger partial charge in [0, 0.05) is 5.38 Å². The van der Waals surface area contributed by atoms with Crippen LogP contribution < -0.4 is 5.73 Å². The van der Waals surface area contributed by atoms with Gasteiger partial charge in [0.1, 0.15) is 19.0 Å². The van der Waals surface area contributed by atoms with E-state index in [-0.39, 0.29) is 5.78 Å². The maximum absolute atomic E-state index is 11.1. The van der Waals surface area contributed by atoms with E-state index in [2.05, 4.69) is 15.0 Å². The predicted octanol–water partition coefficient (Wildman–Crippen LogP) is 0.540. The van der Waals surface area contributed by atoms with Crippen molar-refractivity contribution in [2.75, 3.05) is 12.8 Å². The number of ketones is 1. The summed E-state index contributed by atoms with van der Waals surface area (Å²) in [7, 11) is 1.36. The minimum absolute atomic E-state index is 0.290. The highest BCUT2D eigenvalue weighted by molar-refractivity contribution is 7.13. The third-order valence-corrected chi connectivity index (χ3v) is 1.72. The fourth-order valence-electron chi connectivity index (χ4n) is 0.567. The van der Waals surface area contributed by atoms with E-state index in [0.29, 0.717) is 10.8 Å². The van der Waals surface area contributed by atoms with Gasteiger partial charge in [-0.15, -0.1) is 11.3 Å². The molecule has 2 N–H and O–H groups in total. The van der Waals surface area contributed by atoms with Gasteiger partial charge < -0.3 is 10.6 Å². The molecule has 0 saturated heterocycles. The molecule has 0 radical (unpaired) electrons. The van der Waals surface area contributed by atoms with Gasteiger partial charge in [0.25, 0.3) is 0 Å². The van der Waals surface area contributed by atoms with E-state index in [1.54, 1.807) is 5.38 Å². The Labute approximate surface area is 72.9 Å². The molecule has 0 spiro atoms. The molecule has 0 aliphatic heterocycles. The Hall–Kier alpha value is -1.43. The Morgan fingerprint density at radius 2 is 2.67 bits per heavy atom. The lowest BCUT2D eigenvalue weighted by Gasteiger charge is -1.85. The average Bonchev–Trinajstić information content (AvgIpc) is 2.47. The summed E-state index contributed by atoms with van der Waals surface area (Å²) in [6.07, 6.45) is 1.05. The smallest absolute Gasteiger partial charge is 0.226 e. The monoisotopic (exact) mass is 185 g/mol. The number of carbonyl (C=O) groups excluding carboxylic acids is 1. The second-order valence-corrected chi connectivity index (χ2v) is 2.74. The summed E-state index contributed by atoms with van der Waals surface area (Å²) >= 11 is 1.21. The van der Waals surface area contributed by atoms with E-state index in [9.17, 15) is 4.79 Å². The van der Waals surface area contributed by atoms with Crippen LogP contribution in [-0.2, 0) is 4.84 Å². The van der Waals surface area contributed by atoms with Crippen molar-refractivity contribution in [1.82, 2.24) is 4.98 Å². The largest absolute Gasteiger partial charge is 0.399 e. The van der Waals surface area contributed by atoms with Crippen molar-refractivity contribution in [3.05, 3.63) is 11.1 Å². The molecule has 5 nitrogen and oxygen atoms in total. The number of hydrogen-bond donors (Lipinski definition) is 1. The second-order valence-electron chi connectivity index (χ2n) is 1.85. The molecule has 0 aliphatic rings. The summed E-state index contributed by atoms with van der Waals surface area (Å²) in [5.74, 6) is -0.315. The van der Waals surface area contributed by atoms with E-state index >= 15 is 0 Å². The summed E-state index contributed by atoms with van der Waals surface area (Å²) in [6.45, 7) is 0. The standard InChI is InChI=1S/C6H7N3O2S/c1-11-8-2-5(10)4-3-12-6(7)9-4/h2-3H,1H3,(H2,7,9). The summed E-state index contributed by atoms with van der Waals surface area (Å²) in [5, 5.41) is 5.24. The fraction of sp³-hybridized carbons (Fsp3) is 0.167. The molecule has 0 amide bonds. The molecular formula is C6H7N3O2S. The van der Waals surface area contributed by atoms with Crippen molar-refractivity contribution in [3.8, 4) is 0 Å². The summed E-state index contributed by atoms with van der Waals surface area (Å²) in [6, 6.07) is 0. The van der Waals surface area contributed by atoms with Crippen LogP contribution in [0.15, 0.2) is 10.5 Å². The Balaban J connectivity index is 2.72. The SMILES string of the molecule is CON=CC(=O)c1csc(N)n1. The number of aromatic nitrogens is 1. The first-order valence-electron chi connectivity index (χ1n) is 3.06. The van der Waals surface area contributed by atoms with E-state index in [1.165, 1.54) is 18.4 Å². The average molecular weight is 185 g/mol.